The molecule has 0 saturated heterocycles. The maximum atomic E-state index is 12.7. The highest BCUT2D eigenvalue weighted by Gasteiger charge is 2.58. The van der Waals surface area contributed by atoms with E-state index in [9.17, 15) is 22.8 Å². The first-order chi connectivity index (χ1) is 9.06. The van der Waals surface area contributed by atoms with Crippen molar-refractivity contribution in [3.05, 3.63) is 0 Å². The van der Waals surface area contributed by atoms with E-state index >= 15 is 0 Å². The largest absolute Gasteiger partial charge is 0.479 e. The van der Waals surface area contributed by atoms with Crippen LogP contribution in [0.1, 0.15) is 26.2 Å². The van der Waals surface area contributed by atoms with Gasteiger partial charge in [0.25, 0.3) is 0 Å². The molecule has 0 bridgehead atoms. The summed E-state index contributed by atoms with van der Waals surface area (Å²) in [5, 5.41) is 12.3. The quantitative estimate of drug-likeness (QED) is 0.713. The summed E-state index contributed by atoms with van der Waals surface area (Å²) in [7, 11) is 1.45. The molecular formula is C11H17F3N2O4. The first kappa shape index (κ1) is 16.5. The molecule has 116 valence electrons. The Balaban J connectivity index is 2.62. The fraction of sp³-hybridized carbons (Fsp3) is 0.818. The van der Waals surface area contributed by atoms with Crippen LogP contribution in [-0.2, 0) is 9.53 Å². The summed E-state index contributed by atoms with van der Waals surface area (Å²) in [6.45, 7) is 0.424. The van der Waals surface area contributed by atoms with Crippen molar-refractivity contribution < 1.29 is 32.6 Å². The number of nitrogens with one attached hydrogen (secondary N) is 2. The van der Waals surface area contributed by atoms with Crippen molar-refractivity contribution in [2.45, 2.75) is 43.5 Å². The molecule has 1 rings (SSSR count). The average molecular weight is 298 g/mol. The number of hydrogen-bond donors (Lipinski definition) is 3. The van der Waals surface area contributed by atoms with Crippen molar-refractivity contribution in [3.63, 3.8) is 0 Å². The fourth-order valence-electron chi connectivity index (χ4n) is 1.78. The van der Waals surface area contributed by atoms with Gasteiger partial charge in [-0.05, 0) is 26.2 Å². The molecule has 20 heavy (non-hydrogen) atoms. The Bertz CT molecular complexity index is 390. The molecule has 0 heterocycles. The maximum Gasteiger partial charge on any atom is 0.422 e. The second kappa shape index (κ2) is 5.47. The van der Waals surface area contributed by atoms with Crippen LogP contribution in [0.25, 0.3) is 0 Å². The Labute approximate surface area is 113 Å². The molecule has 2 amide bonds. The predicted molar refractivity (Wildman–Crippen MR) is 62.2 cm³/mol. The van der Waals surface area contributed by atoms with E-state index in [4.69, 9.17) is 9.84 Å². The minimum atomic E-state index is -5.11. The van der Waals surface area contributed by atoms with Gasteiger partial charge in [0, 0.05) is 13.7 Å². The molecule has 0 aromatic heterocycles. The monoisotopic (exact) mass is 298 g/mol. The zero-order chi connectivity index (χ0) is 15.6. The number of carboxylic acid groups (broad SMARTS) is 1. The highest BCUT2D eigenvalue weighted by Crippen LogP contribution is 2.34. The number of hydrogen-bond acceptors (Lipinski definition) is 3. The standard InChI is InChI=1S/C11H17F3N2O4/c1-9(7(17)18,11(12,13)14)16-8(19)15-6-10(20-2)4-3-5-10/h3-6H2,1-2H3,(H,17,18)(H2,15,16,19). The van der Waals surface area contributed by atoms with Crippen molar-refractivity contribution in [2.24, 2.45) is 0 Å². The van der Waals surface area contributed by atoms with E-state index in [-0.39, 0.29) is 6.54 Å². The van der Waals surface area contributed by atoms with Crippen LogP contribution in [0.4, 0.5) is 18.0 Å². The minimum absolute atomic E-state index is 0.0306. The third kappa shape index (κ3) is 3.14. The van der Waals surface area contributed by atoms with Crippen molar-refractivity contribution in [3.8, 4) is 0 Å². The van der Waals surface area contributed by atoms with E-state index in [1.165, 1.54) is 12.4 Å². The Morgan fingerprint density at radius 2 is 1.90 bits per heavy atom. The Morgan fingerprint density at radius 3 is 2.20 bits per heavy atom. The van der Waals surface area contributed by atoms with Gasteiger partial charge in [-0.3, -0.25) is 0 Å². The summed E-state index contributed by atoms with van der Waals surface area (Å²) in [4.78, 5) is 22.2. The second-order valence-corrected chi connectivity index (χ2v) is 4.98. The topological polar surface area (TPSA) is 87.7 Å². The zero-order valence-corrected chi connectivity index (χ0v) is 11.1. The number of carbonyl (C=O) groups excluding carboxylic acids is 1. The fourth-order valence-corrected chi connectivity index (χ4v) is 1.78. The molecule has 1 unspecified atom stereocenters. The maximum absolute atomic E-state index is 12.7. The number of urea groups is 1. The molecule has 0 aromatic carbocycles. The van der Waals surface area contributed by atoms with Crippen LogP contribution in [0.5, 0.6) is 0 Å². The van der Waals surface area contributed by atoms with Crippen LogP contribution in [0.3, 0.4) is 0 Å². The normalized spacial score (nSPS) is 20.4. The van der Waals surface area contributed by atoms with Gasteiger partial charge in [0.05, 0.1) is 5.60 Å². The van der Waals surface area contributed by atoms with Gasteiger partial charge >= 0.3 is 18.2 Å². The van der Waals surface area contributed by atoms with Crippen molar-refractivity contribution in [2.75, 3.05) is 13.7 Å². The van der Waals surface area contributed by atoms with Crippen molar-refractivity contribution in [1.82, 2.24) is 10.6 Å². The lowest BCUT2D eigenvalue weighted by atomic mass is 9.80. The Kier molecular flexibility index (Phi) is 4.52. The second-order valence-electron chi connectivity index (χ2n) is 4.98. The van der Waals surface area contributed by atoms with Gasteiger partial charge in [0.1, 0.15) is 0 Å². The lowest BCUT2D eigenvalue weighted by Gasteiger charge is -2.40. The van der Waals surface area contributed by atoms with Crippen LogP contribution >= 0.6 is 0 Å². The van der Waals surface area contributed by atoms with Crippen molar-refractivity contribution >= 4 is 12.0 Å². The molecule has 1 aliphatic rings. The molecular weight excluding hydrogens is 281 g/mol. The van der Waals surface area contributed by atoms with Gasteiger partial charge in [-0.1, -0.05) is 0 Å². The number of rotatable bonds is 5. The van der Waals surface area contributed by atoms with E-state index in [0.29, 0.717) is 19.8 Å². The number of amides is 2. The molecule has 0 aromatic rings. The lowest BCUT2D eigenvalue weighted by Crippen LogP contribution is -2.64. The van der Waals surface area contributed by atoms with Crippen LogP contribution in [0.15, 0.2) is 0 Å². The number of alkyl halides is 3. The summed E-state index contributed by atoms with van der Waals surface area (Å²) < 4.78 is 43.2. The molecule has 0 spiro atoms. The van der Waals surface area contributed by atoms with Gasteiger partial charge in [-0.25, -0.2) is 9.59 Å². The van der Waals surface area contributed by atoms with E-state index < -0.39 is 29.3 Å². The SMILES string of the molecule is COC1(CNC(=O)NC(C)(C(=O)O)C(F)(F)F)CCC1. The average Bonchev–Trinajstić information content (AvgIpc) is 2.26. The van der Waals surface area contributed by atoms with Gasteiger partial charge in [0.2, 0.25) is 5.54 Å². The van der Waals surface area contributed by atoms with E-state index in [1.54, 1.807) is 0 Å². The van der Waals surface area contributed by atoms with Crippen molar-refractivity contribution in [1.29, 1.82) is 0 Å². The first-order valence-corrected chi connectivity index (χ1v) is 5.98. The number of carboxylic acids is 1. The molecule has 6 nitrogen and oxygen atoms in total. The molecule has 0 aliphatic heterocycles. The van der Waals surface area contributed by atoms with Crippen LogP contribution in [0.2, 0.25) is 0 Å². The Morgan fingerprint density at radius 1 is 1.35 bits per heavy atom. The number of methoxy groups -OCH3 is 1. The smallest absolute Gasteiger partial charge is 0.422 e. The number of aliphatic carboxylic acids is 1. The summed E-state index contributed by atoms with van der Waals surface area (Å²) in [5.74, 6) is -2.18. The first-order valence-electron chi connectivity index (χ1n) is 5.98. The van der Waals surface area contributed by atoms with Gasteiger partial charge < -0.3 is 20.5 Å². The molecule has 1 saturated carbocycles. The van der Waals surface area contributed by atoms with Gasteiger partial charge in [-0.2, -0.15) is 13.2 Å². The van der Waals surface area contributed by atoms with Crippen LogP contribution < -0.4 is 10.6 Å². The van der Waals surface area contributed by atoms with E-state index in [2.05, 4.69) is 5.32 Å². The van der Waals surface area contributed by atoms with E-state index in [1.807, 2.05) is 0 Å². The highest BCUT2D eigenvalue weighted by atomic mass is 19.4. The number of carbonyl (C=O) groups is 2. The summed E-state index contributed by atoms with van der Waals surface area (Å²) in [5.41, 5.74) is -3.90. The highest BCUT2D eigenvalue weighted by molar-refractivity contribution is 5.86. The predicted octanol–water partition coefficient (Wildman–Crippen LogP) is 1.26. The molecule has 1 fully saturated rings. The molecule has 3 N–H and O–H groups in total. The summed E-state index contributed by atoms with van der Waals surface area (Å²) >= 11 is 0. The molecule has 9 heteroatoms. The van der Waals surface area contributed by atoms with Gasteiger partial charge in [0.15, 0.2) is 0 Å². The van der Waals surface area contributed by atoms with Crippen LogP contribution in [0, 0.1) is 0 Å². The van der Waals surface area contributed by atoms with Crippen LogP contribution in [-0.4, -0.2) is 48.1 Å². The Hall–Kier alpha value is -1.51. The number of halogens is 3. The number of ether oxygens (including phenoxy) is 1. The lowest BCUT2D eigenvalue weighted by molar-refractivity contribution is -0.203. The summed E-state index contributed by atoms with van der Waals surface area (Å²) in [6, 6.07) is -1.20. The third-order valence-corrected chi connectivity index (χ3v) is 3.63. The third-order valence-electron chi connectivity index (χ3n) is 3.63. The summed E-state index contributed by atoms with van der Waals surface area (Å²) in [6.07, 6.45) is -2.81. The zero-order valence-electron chi connectivity index (χ0n) is 11.1. The minimum Gasteiger partial charge on any atom is -0.479 e. The molecule has 1 aliphatic carbocycles. The van der Waals surface area contributed by atoms with Gasteiger partial charge in [-0.15, -0.1) is 0 Å². The molecule has 1 atom stereocenters. The molecule has 0 radical (unpaired) electrons. The van der Waals surface area contributed by atoms with E-state index in [0.717, 1.165) is 6.42 Å².